The Morgan fingerprint density at radius 2 is 1.67 bits per heavy atom. The largest absolute Gasteiger partial charge is 0.335 e. The smallest absolute Gasteiger partial charge is 0.274 e. The van der Waals surface area contributed by atoms with Crippen molar-refractivity contribution in [1.82, 2.24) is 19.6 Å². The Hall–Kier alpha value is -2.99. The summed E-state index contributed by atoms with van der Waals surface area (Å²) in [5.41, 5.74) is 4.83. The van der Waals surface area contributed by atoms with Crippen LogP contribution < -0.4 is 0 Å². The van der Waals surface area contributed by atoms with E-state index in [2.05, 4.69) is 34.3 Å². The molecule has 0 unspecified atom stereocenters. The van der Waals surface area contributed by atoms with Crippen LogP contribution in [0.15, 0.2) is 54.6 Å². The van der Waals surface area contributed by atoms with E-state index in [0.717, 1.165) is 55.8 Å². The van der Waals surface area contributed by atoms with Gasteiger partial charge in [-0.1, -0.05) is 30.3 Å². The molecule has 154 valence electrons. The van der Waals surface area contributed by atoms with E-state index in [1.54, 1.807) is 12.1 Å². The Morgan fingerprint density at radius 1 is 0.933 bits per heavy atom. The molecular weight excluding hydrogens is 379 g/mol. The van der Waals surface area contributed by atoms with Gasteiger partial charge in [-0.15, -0.1) is 0 Å². The van der Waals surface area contributed by atoms with Gasteiger partial charge in [-0.25, -0.2) is 9.07 Å². The topological polar surface area (TPSA) is 41.4 Å². The summed E-state index contributed by atoms with van der Waals surface area (Å²) in [6.45, 7) is 4.06. The zero-order valence-electron chi connectivity index (χ0n) is 16.9. The van der Waals surface area contributed by atoms with Gasteiger partial charge < -0.3 is 4.90 Å². The van der Waals surface area contributed by atoms with Crippen molar-refractivity contribution in [2.75, 3.05) is 26.2 Å². The van der Waals surface area contributed by atoms with Crippen LogP contribution in [0, 0.1) is 5.82 Å². The highest BCUT2D eigenvalue weighted by Crippen LogP contribution is 2.29. The van der Waals surface area contributed by atoms with Gasteiger partial charge in [0.1, 0.15) is 5.82 Å². The molecule has 1 aliphatic carbocycles. The molecule has 6 heteroatoms. The molecule has 5 nitrogen and oxygen atoms in total. The third-order valence-corrected chi connectivity index (χ3v) is 6.11. The predicted molar refractivity (Wildman–Crippen MR) is 113 cm³/mol. The molecule has 2 aromatic carbocycles. The zero-order valence-corrected chi connectivity index (χ0v) is 16.9. The van der Waals surface area contributed by atoms with E-state index in [1.165, 1.54) is 17.7 Å². The Labute approximate surface area is 175 Å². The second kappa shape index (κ2) is 8.03. The number of piperazine rings is 1. The first-order valence-corrected chi connectivity index (χ1v) is 10.6. The van der Waals surface area contributed by atoms with E-state index in [0.29, 0.717) is 18.8 Å². The number of amides is 1. The molecule has 1 aliphatic heterocycles. The Bertz CT molecular complexity index is 1040. The SMILES string of the molecule is O=C(c1nn(-c2ccc(F)cc2)c2c1CCC2)N1CCN(Cc2ccccc2)CC1. The summed E-state index contributed by atoms with van der Waals surface area (Å²) in [7, 11) is 0. The number of hydrogen-bond acceptors (Lipinski definition) is 3. The molecule has 2 aliphatic rings. The predicted octanol–water partition coefficient (Wildman–Crippen LogP) is 3.46. The van der Waals surface area contributed by atoms with Crippen molar-refractivity contribution >= 4 is 5.91 Å². The van der Waals surface area contributed by atoms with Crippen molar-refractivity contribution < 1.29 is 9.18 Å². The summed E-state index contributed by atoms with van der Waals surface area (Å²) in [5.74, 6) is -0.249. The number of aromatic nitrogens is 2. The molecule has 0 saturated carbocycles. The standard InChI is InChI=1S/C24H25FN4O/c25-19-9-11-20(12-10-19)29-22-8-4-7-21(22)23(26-29)24(30)28-15-13-27(14-16-28)17-18-5-2-1-3-6-18/h1-3,5-6,9-12H,4,7-8,13-17H2. The van der Waals surface area contributed by atoms with E-state index >= 15 is 0 Å². The van der Waals surface area contributed by atoms with Crippen LogP contribution in [0.3, 0.4) is 0 Å². The third-order valence-electron chi connectivity index (χ3n) is 6.11. The molecule has 30 heavy (non-hydrogen) atoms. The van der Waals surface area contributed by atoms with Gasteiger partial charge >= 0.3 is 0 Å². The quantitative estimate of drug-likeness (QED) is 0.669. The van der Waals surface area contributed by atoms with Gasteiger partial charge in [-0.2, -0.15) is 5.10 Å². The van der Waals surface area contributed by atoms with Crippen LogP contribution in [0.2, 0.25) is 0 Å². The van der Waals surface area contributed by atoms with Crippen LogP contribution in [-0.2, 0) is 19.4 Å². The first-order chi connectivity index (χ1) is 14.7. The van der Waals surface area contributed by atoms with Crippen molar-refractivity contribution in [3.8, 4) is 5.69 Å². The maximum Gasteiger partial charge on any atom is 0.274 e. The second-order valence-corrected chi connectivity index (χ2v) is 8.07. The van der Waals surface area contributed by atoms with Crippen LogP contribution in [0.1, 0.15) is 33.7 Å². The fourth-order valence-electron chi connectivity index (χ4n) is 4.51. The van der Waals surface area contributed by atoms with E-state index in [1.807, 2.05) is 15.6 Å². The fourth-order valence-corrected chi connectivity index (χ4v) is 4.51. The molecule has 0 N–H and O–H groups in total. The number of benzene rings is 2. The summed E-state index contributed by atoms with van der Waals surface area (Å²) in [5, 5.41) is 4.68. The van der Waals surface area contributed by atoms with E-state index in [4.69, 9.17) is 0 Å². The van der Waals surface area contributed by atoms with Gasteiger partial charge in [0.15, 0.2) is 5.69 Å². The fraction of sp³-hybridized carbons (Fsp3) is 0.333. The van der Waals surface area contributed by atoms with Gasteiger partial charge in [0.25, 0.3) is 5.91 Å². The Morgan fingerprint density at radius 3 is 2.40 bits per heavy atom. The minimum Gasteiger partial charge on any atom is -0.335 e. The highest BCUT2D eigenvalue weighted by atomic mass is 19.1. The summed E-state index contributed by atoms with van der Waals surface area (Å²) in [6, 6.07) is 16.8. The molecule has 0 atom stereocenters. The molecule has 1 saturated heterocycles. The average molecular weight is 404 g/mol. The van der Waals surface area contributed by atoms with Crippen molar-refractivity contribution in [3.05, 3.63) is 82.9 Å². The molecule has 0 bridgehead atoms. The lowest BCUT2D eigenvalue weighted by Crippen LogP contribution is -2.48. The molecule has 1 amide bonds. The molecule has 2 heterocycles. The van der Waals surface area contributed by atoms with Crippen molar-refractivity contribution in [2.24, 2.45) is 0 Å². The Balaban J connectivity index is 1.31. The minimum absolute atomic E-state index is 0.0216. The van der Waals surface area contributed by atoms with Crippen LogP contribution in [-0.4, -0.2) is 51.7 Å². The first-order valence-electron chi connectivity index (χ1n) is 10.6. The van der Waals surface area contributed by atoms with Crippen molar-refractivity contribution in [2.45, 2.75) is 25.8 Å². The molecule has 1 fully saturated rings. The highest BCUT2D eigenvalue weighted by Gasteiger charge is 2.31. The lowest BCUT2D eigenvalue weighted by molar-refractivity contribution is 0.0621. The summed E-state index contributed by atoms with van der Waals surface area (Å²) < 4.78 is 15.2. The molecule has 5 rings (SSSR count). The van der Waals surface area contributed by atoms with Crippen LogP contribution >= 0.6 is 0 Å². The number of nitrogens with zero attached hydrogens (tertiary/aromatic N) is 4. The zero-order chi connectivity index (χ0) is 20.5. The first kappa shape index (κ1) is 19.0. The molecule has 3 aromatic rings. The normalized spacial score (nSPS) is 16.6. The number of halogens is 1. The number of hydrogen-bond donors (Lipinski definition) is 0. The number of carbonyl (C=O) groups is 1. The van der Waals surface area contributed by atoms with Gasteiger partial charge in [0.05, 0.1) is 5.69 Å². The average Bonchev–Trinajstić information content (AvgIpc) is 3.38. The van der Waals surface area contributed by atoms with Gasteiger partial charge in [0.2, 0.25) is 0 Å². The van der Waals surface area contributed by atoms with E-state index < -0.39 is 0 Å². The number of fused-ring (bicyclic) bond motifs is 1. The molecule has 0 spiro atoms. The lowest BCUT2D eigenvalue weighted by atomic mass is 10.1. The maximum absolute atomic E-state index is 13.3. The number of carbonyl (C=O) groups excluding carboxylic acids is 1. The van der Waals surface area contributed by atoms with E-state index in [9.17, 15) is 9.18 Å². The van der Waals surface area contributed by atoms with Crippen molar-refractivity contribution in [1.29, 1.82) is 0 Å². The Kier molecular flexibility index (Phi) is 5.09. The van der Waals surface area contributed by atoms with Gasteiger partial charge in [0, 0.05) is 44.0 Å². The monoisotopic (exact) mass is 404 g/mol. The second-order valence-electron chi connectivity index (χ2n) is 8.07. The third kappa shape index (κ3) is 3.63. The molecular formula is C24H25FN4O. The lowest BCUT2D eigenvalue weighted by Gasteiger charge is -2.34. The summed E-state index contributed by atoms with van der Waals surface area (Å²) in [4.78, 5) is 17.6. The molecule has 1 aromatic heterocycles. The van der Waals surface area contributed by atoms with Crippen LogP contribution in [0.25, 0.3) is 5.69 Å². The van der Waals surface area contributed by atoms with Crippen LogP contribution in [0.4, 0.5) is 4.39 Å². The van der Waals surface area contributed by atoms with E-state index in [-0.39, 0.29) is 11.7 Å². The highest BCUT2D eigenvalue weighted by molar-refractivity contribution is 5.94. The maximum atomic E-state index is 13.3. The summed E-state index contributed by atoms with van der Waals surface area (Å²) >= 11 is 0. The van der Waals surface area contributed by atoms with Gasteiger partial charge in [-0.3, -0.25) is 9.69 Å². The summed E-state index contributed by atoms with van der Waals surface area (Å²) in [6.07, 6.45) is 2.81. The van der Waals surface area contributed by atoms with Crippen molar-refractivity contribution in [3.63, 3.8) is 0 Å². The van der Waals surface area contributed by atoms with Crippen LogP contribution in [0.5, 0.6) is 0 Å². The number of rotatable bonds is 4. The van der Waals surface area contributed by atoms with Gasteiger partial charge in [-0.05, 0) is 49.1 Å². The minimum atomic E-state index is -0.271. The molecule has 0 radical (unpaired) electrons.